The molecule has 1 N–H and O–H groups in total. The van der Waals surface area contributed by atoms with Gasteiger partial charge in [-0.3, -0.25) is 4.79 Å². The maximum atomic E-state index is 12.3. The van der Waals surface area contributed by atoms with E-state index < -0.39 is 6.61 Å². The minimum Gasteiger partial charge on any atom is -0.493 e. The Bertz CT molecular complexity index is 455. The predicted molar refractivity (Wildman–Crippen MR) is 72.6 cm³/mol. The summed E-state index contributed by atoms with van der Waals surface area (Å²) in [6, 6.07) is 4.83. The third kappa shape index (κ3) is 6.40. The monoisotopic (exact) mass is 303 g/mol. The lowest BCUT2D eigenvalue weighted by molar-refractivity contribution is -0.140. The summed E-state index contributed by atoms with van der Waals surface area (Å²) >= 11 is 0. The number of ether oxygens (including phenoxy) is 3. The Morgan fingerprint density at radius 1 is 1.29 bits per heavy atom. The molecule has 0 radical (unpaired) electrons. The first-order valence-corrected chi connectivity index (χ1v) is 6.46. The molecule has 0 bridgehead atoms. The summed E-state index contributed by atoms with van der Waals surface area (Å²) in [4.78, 5) is 10.9. The summed E-state index contributed by atoms with van der Waals surface area (Å²) < 4.78 is 38.5. The SMILES string of the molecule is COC(=O)CCCNCc1ccc(OC)c(OC(F)F)c1. The fourth-order valence-electron chi connectivity index (χ4n) is 1.71. The number of esters is 1. The minimum absolute atomic E-state index is 0.00126. The van der Waals surface area contributed by atoms with Gasteiger partial charge in [-0.1, -0.05) is 6.07 Å². The van der Waals surface area contributed by atoms with Crippen molar-refractivity contribution in [3.8, 4) is 11.5 Å². The molecule has 0 atom stereocenters. The molecule has 0 spiro atoms. The van der Waals surface area contributed by atoms with Gasteiger partial charge < -0.3 is 19.5 Å². The molecule has 0 saturated heterocycles. The highest BCUT2D eigenvalue weighted by molar-refractivity contribution is 5.69. The standard InChI is InChI=1S/C14H19F2NO4/c1-19-11-6-5-10(8-12(11)21-14(15)16)9-17-7-3-4-13(18)20-2/h5-6,8,14,17H,3-4,7,9H2,1-2H3. The van der Waals surface area contributed by atoms with E-state index in [0.717, 1.165) is 5.56 Å². The van der Waals surface area contributed by atoms with Crippen molar-refractivity contribution in [2.24, 2.45) is 0 Å². The van der Waals surface area contributed by atoms with Gasteiger partial charge in [-0.2, -0.15) is 8.78 Å². The number of hydrogen-bond acceptors (Lipinski definition) is 5. The van der Waals surface area contributed by atoms with E-state index in [-0.39, 0.29) is 17.5 Å². The van der Waals surface area contributed by atoms with Crippen molar-refractivity contribution >= 4 is 5.97 Å². The van der Waals surface area contributed by atoms with E-state index in [2.05, 4.69) is 14.8 Å². The molecule has 1 rings (SSSR count). The van der Waals surface area contributed by atoms with Crippen molar-refractivity contribution in [2.75, 3.05) is 20.8 Å². The van der Waals surface area contributed by atoms with E-state index in [0.29, 0.717) is 25.9 Å². The molecule has 0 amide bonds. The molecule has 0 heterocycles. The third-order valence-electron chi connectivity index (χ3n) is 2.74. The van der Waals surface area contributed by atoms with Crippen LogP contribution in [0.4, 0.5) is 8.78 Å². The second-order valence-electron chi connectivity index (χ2n) is 4.22. The van der Waals surface area contributed by atoms with Crippen molar-refractivity contribution in [2.45, 2.75) is 26.0 Å². The molecular weight excluding hydrogens is 284 g/mol. The molecule has 0 aliphatic carbocycles. The number of alkyl halides is 2. The maximum absolute atomic E-state index is 12.3. The Hall–Kier alpha value is -1.89. The zero-order valence-electron chi connectivity index (χ0n) is 12.0. The quantitative estimate of drug-likeness (QED) is 0.560. The molecule has 0 fully saturated rings. The van der Waals surface area contributed by atoms with Gasteiger partial charge in [-0.25, -0.2) is 0 Å². The Morgan fingerprint density at radius 3 is 2.67 bits per heavy atom. The highest BCUT2D eigenvalue weighted by Crippen LogP contribution is 2.29. The zero-order valence-corrected chi connectivity index (χ0v) is 12.0. The second-order valence-corrected chi connectivity index (χ2v) is 4.22. The van der Waals surface area contributed by atoms with E-state index in [1.807, 2.05) is 0 Å². The summed E-state index contributed by atoms with van der Waals surface area (Å²) in [5, 5.41) is 3.11. The van der Waals surface area contributed by atoms with Crippen molar-refractivity contribution in [1.82, 2.24) is 5.32 Å². The molecular formula is C14H19F2NO4. The van der Waals surface area contributed by atoms with Crippen molar-refractivity contribution in [1.29, 1.82) is 0 Å². The van der Waals surface area contributed by atoms with Gasteiger partial charge >= 0.3 is 12.6 Å². The maximum Gasteiger partial charge on any atom is 0.387 e. The van der Waals surface area contributed by atoms with Gasteiger partial charge in [0.1, 0.15) is 0 Å². The van der Waals surface area contributed by atoms with Crippen LogP contribution in [0, 0.1) is 0 Å². The van der Waals surface area contributed by atoms with Crippen LogP contribution < -0.4 is 14.8 Å². The van der Waals surface area contributed by atoms with E-state index in [1.165, 1.54) is 20.3 Å². The number of benzene rings is 1. The largest absolute Gasteiger partial charge is 0.493 e. The lowest BCUT2D eigenvalue weighted by Crippen LogP contribution is -2.16. The van der Waals surface area contributed by atoms with E-state index in [4.69, 9.17) is 4.74 Å². The first-order valence-electron chi connectivity index (χ1n) is 6.46. The predicted octanol–water partition coefficient (Wildman–Crippen LogP) is 2.34. The van der Waals surface area contributed by atoms with Crippen LogP contribution in [0.2, 0.25) is 0 Å². The molecule has 0 aliphatic heterocycles. The van der Waals surface area contributed by atoms with Crippen LogP contribution in [0.25, 0.3) is 0 Å². The van der Waals surface area contributed by atoms with Crippen molar-refractivity contribution in [3.05, 3.63) is 23.8 Å². The third-order valence-corrected chi connectivity index (χ3v) is 2.74. The smallest absolute Gasteiger partial charge is 0.387 e. The molecule has 1 aromatic rings. The molecule has 0 saturated carbocycles. The summed E-state index contributed by atoms with van der Waals surface area (Å²) in [5.74, 6) is -0.0000286. The highest BCUT2D eigenvalue weighted by atomic mass is 19.3. The van der Waals surface area contributed by atoms with Crippen molar-refractivity contribution < 1.29 is 27.8 Å². The number of methoxy groups -OCH3 is 2. The molecule has 118 valence electrons. The molecule has 0 aromatic heterocycles. The highest BCUT2D eigenvalue weighted by Gasteiger charge is 2.11. The van der Waals surface area contributed by atoms with Gasteiger partial charge in [0, 0.05) is 13.0 Å². The normalized spacial score (nSPS) is 10.5. The van der Waals surface area contributed by atoms with Crippen LogP contribution in [0.3, 0.4) is 0 Å². The van der Waals surface area contributed by atoms with E-state index in [9.17, 15) is 13.6 Å². The van der Waals surface area contributed by atoms with Gasteiger partial charge in [0.2, 0.25) is 0 Å². The summed E-state index contributed by atoms with van der Waals surface area (Å²) in [6.07, 6.45) is 0.981. The number of carbonyl (C=O) groups is 1. The van der Waals surface area contributed by atoms with Crippen molar-refractivity contribution in [3.63, 3.8) is 0 Å². The first kappa shape index (κ1) is 17.2. The number of carbonyl (C=O) groups excluding carboxylic acids is 1. The lowest BCUT2D eigenvalue weighted by atomic mass is 10.2. The fraction of sp³-hybridized carbons (Fsp3) is 0.500. The van der Waals surface area contributed by atoms with Crippen LogP contribution in [-0.4, -0.2) is 33.3 Å². The molecule has 1 aromatic carbocycles. The molecule has 7 heteroatoms. The summed E-state index contributed by atoms with van der Waals surface area (Å²) in [5.41, 5.74) is 0.782. The first-order chi connectivity index (χ1) is 10.1. The Balaban J connectivity index is 2.46. The molecule has 0 aliphatic rings. The zero-order chi connectivity index (χ0) is 15.7. The number of nitrogens with one attached hydrogen (secondary N) is 1. The van der Waals surface area contributed by atoms with Gasteiger partial charge in [0.25, 0.3) is 0 Å². The van der Waals surface area contributed by atoms with E-state index >= 15 is 0 Å². The fourth-order valence-corrected chi connectivity index (χ4v) is 1.71. The van der Waals surface area contributed by atoms with Gasteiger partial charge in [-0.05, 0) is 30.7 Å². The molecule has 0 unspecified atom stereocenters. The average Bonchev–Trinajstić information content (AvgIpc) is 2.46. The molecule has 21 heavy (non-hydrogen) atoms. The van der Waals surface area contributed by atoms with Crippen LogP contribution in [0.15, 0.2) is 18.2 Å². The minimum atomic E-state index is -2.90. The van der Waals surface area contributed by atoms with E-state index in [1.54, 1.807) is 12.1 Å². The Kier molecular flexibility index (Phi) is 7.45. The topological polar surface area (TPSA) is 56.8 Å². The number of hydrogen-bond donors (Lipinski definition) is 1. The second kappa shape index (κ2) is 9.12. The Labute approximate surface area is 122 Å². The van der Waals surface area contributed by atoms with Crippen LogP contribution in [0.1, 0.15) is 18.4 Å². The summed E-state index contributed by atoms with van der Waals surface area (Å²) in [7, 11) is 2.73. The molecule has 5 nitrogen and oxygen atoms in total. The number of rotatable bonds is 9. The van der Waals surface area contributed by atoms with Crippen LogP contribution >= 0.6 is 0 Å². The van der Waals surface area contributed by atoms with Crippen LogP contribution in [0.5, 0.6) is 11.5 Å². The van der Waals surface area contributed by atoms with Gasteiger partial charge in [0.15, 0.2) is 11.5 Å². The van der Waals surface area contributed by atoms with Gasteiger partial charge in [-0.15, -0.1) is 0 Å². The number of halogens is 2. The lowest BCUT2D eigenvalue weighted by Gasteiger charge is -2.12. The summed E-state index contributed by atoms with van der Waals surface area (Å²) in [6.45, 7) is -1.81. The average molecular weight is 303 g/mol. The van der Waals surface area contributed by atoms with Gasteiger partial charge in [0.05, 0.1) is 14.2 Å². The van der Waals surface area contributed by atoms with Crippen LogP contribution in [-0.2, 0) is 16.1 Å². The Morgan fingerprint density at radius 2 is 2.05 bits per heavy atom.